The van der Waals surface area contributed by atoms with Gasteiger partial charge in [0, 0.05) is 19.7 Å². The van der Waals surface area contributed by atoms with Crippen LogP contribution in [0, 0.1) is 5.41 Å². The number of carboxylic acid groups (broad SMARTS) is 1. The number of rotatable bonds is 7. The minimum Gasteiger partial charge on any atom is -0.481 e. The second-order valence-electron chi connectivity index (χ2n) is 3.56. The summed E-state index contributed by atoms with van der Waals surface area (Å²) < 4.78 is 5.10. The van der Waals surface area contributed by atoms with Crippen molar-refractivity contribution in [3.63, 3.8) is 0 Å². The highest BCUT2D eigenvalue weighted by Gasteiger charge is 2.25. The molecule has 0 spiro atoms. The van der Waals surface area contributed by atoms with Crippen molar-refractivity contribution in [2.45, 2.75) is 20.8 Å². The molecule has 0 aromatic rings. The Morgan fingerprint density at radius 1 is 1.54 bits per heavy atom. The number of nitrogens with one attached hydrogen (secondary N) is 1. The second kappa shape index (κ2) is 5.94. The van der Waals surface area contributed by atoms with Gasteiger partial charge in [0.25, 0.3) is 0 Å². The average Bonchev–Trinajstić information content (AvgIpc) is 2.03. The highest BCUT2D eigenvalue weighted by Crippen LogP contribution is 2.12. The van der Waals surface area contributed by atoms with Crippen LogP contribution in [0.3, 0.4) is 0 Å². The molecule has 78 valence electrons. The average molecular weight is 189 g/mol. The third-order valence-electron chi connectivity index (χ3n) is 1.77. The third kappa shape index (κ3) is 5.60. The molecule has 0 rings (SSSR count). The first-order valence-corrected chi connectivity index (χ1v) is 4.52. The molecule has 0 amide bonds. The predicted molar refractivity (Wildman–Crippen MR) is 50.8 cm³/mol. The Morgan fingerprint density at radius 2 is 2.15 bits per heavy atom. The van der Waals surface area contributed by atoms with Gasteiger partial charge in [0.2, 0.25) is 0 Å². The Kier molecular flexibility index (Phi) is 5.66. The summed E-state index contributed by atoms with van der Waals surface area (Å²) in [5, 5.41) is 11.8. The predicted octanol–water partition coefficient (Wildman–Crippen LogP) is 0.723. The van der Waals surface area contributed by atoms with Crippen molar-refractivity contribution in [1.29, 1.82) is 0 Å². The Balaban J connectivity index is 3.46. The van der Waals surface area contributed by atoms with Crippen molar-refractivity contribution >= 4 is 5.97 Å². The minimum atomic E-state index is -0.781. The van der Waals surface area contributed by atoms with E-state index in [0.29, 0.717) is 26.3 Å². The molecule has 0 aromatic heterocycles. The molecular weight excluding hydrogens is 170 g/mol. The third-order valence-corrected chi connectivity index (χ3v) is 1.77. The quantitative estimate of drug-likeness (QED) is 0.579. The lowest BCUT2D eigenvalue weighted by atomic mass is 9.94. The van der Waals surface area contributed by atoms with Gasteiger partial charge in [0.05, 0.1) is 12.0 Å². The van der Waals surface area contributed by atoms with E-state index in [1.54, 1.807) is 13.8 Å². The van der Waals surface area contributed by atoms with E-state index >= 15 is 0 Å². The maximum atomic E-state index is 10.7. The molecule has 13 heavy (non-hydrogen) atoms. The van der Waals surface area contributed by atoms with Crippen molar-refractivity contribution in [3.8, 4) is 0 Å². The number of ether oxygens (including phenoxy) is 1. The molecule has 0 fully saturated rings. The Bertz CT molecular complexity index is 157. The van der Waals surface area contributed by atoms with Gasteiger partial charge < -0.3 is 15.2 Å². The lowest BCUT2D eigenvalue weighted by molar-refractivity contribution is -0.146. The number of aliphatic carboxylic acids is 1. The Morgan fingerprint density at radius 3 is 2.62 bits per heavy atom. The summed E-state index contributed by atoms with van der Waals surface area (Å²) in [6.45, 7) is 7.82. The second-order valence-corrected chi connectivity index (χ2v) is 3.56. The van der Waals surface area contributed by atoms with Gasteiger partial charge in [-0.3, -0.25) is 4.79 Å². The fourth-order valence-corrected chi connectivity index (χ4v) is 0.765. The summed E-state index contributed by atoms with van der Waals surface area (Å²) in [5.74, 6) is -0.781. The van der Waals surface area contributed by atoms with Crippen molar-refractivity contribution in [1.82, 2.24) is 5.32 Å². The molecule has 0 saturated heterocycles. The molecular formula is C9H19NO3. The van der Waals surface area contributed by atoms with Crippen LogP contribution in [0.25, 0.3) is 0 Å². The van der Waals surface area contributed by atoms with Gasteiger partial charge in [0.1, 0.15) is 0 Å². The van der Waals surface area contributed by atoms with Crippen molar-refractivity contribution in [2.24, 2.45) is 5.41 Å². The van der Waals surface area contributed by atoms with Crippen LogP contribution in [0.15, 0.2) is 0 Å². The van der Waals surface area contributed by atoms with Crippen LogP contribution in [0.1, 0.15) is 20.8 Å². The standard InChI is InChI=1S/C9H19NO3/c1-4-13-6-5-10-7-9(2,3)8(11)12/h10H,4-7H2,1-3H3,(H,11,12). The summed E-state index contributed by atoms with van der Waals surface area (Å²) in [4.78, 5) is 10.7. The van der Waals surface area contributed by atoms with E-state index in [-0.39, 0.29) is 0 Å². The number of carbonyl (C=O) groups is 1. The molecule has 0 aliphatic carbocycles. The molecule has 0 bridgehead atoms. The van der Waals surface area contributed by atoms with Crippen LogP contribution >= 0.6 is 0 Å². The summed E-state index contributed by atoms with van der Waals surface area (Å²) in [6.07, 6.45) is 0. The largest absolute Gasteiger partial charge is 0.481 e. The van der Waals surface area contributed by atoms with E-state index in [1.807, 2.05) is 6.92 Å². The maximum absolute atomic E-state index is 10.7. The number of carboxylic acids is 1. The van der Waals surface area contributed by atoms with Crippen LogP contribution in [-0.4, -0.2) is 37.4 Å². The molecule has 0 radical (unpaired) electrons. The number of hydrogen-bond acceptors (Lipinski definition) is 3. The van der Waals surface area contributed by atoms with E-state index in [4.69, 9.17) is 9.84 Å². The molecule has 4 nitrogen and oxygen atoms in total. The van der Waals surface area contributed by atoms with E-state index in [9.17, 15) is 4.79 Å². The lowest BCUT2D eigenvalue weighted by Crippen LogP contribution is -2.37. The summed E-state index contributed by atoms with van der Waals surface area (Å²) in [7, 11) is 0. The molecule has 0 saturated carbocycles. The molecule has 4 heteroatoms. The first-order chi connectivity index (χ1) is 6.00. The molecule has 0 atom stereocenters. The minimum absolute atomic E-state index is 0.468. The van der Waals surface area contributed by atoms with E-state index in [1.165, 1.54) is 0 Å². The van der Waals surface area contributed by atoms with Crippen molar-refractivity contribution in [3.05, 3.63) is 0 Å². The van der Waals surface area contributed by atoms with Crippen LogP contribution in [0.5, 0.6) is 0 Å². The van der Waals surface area contributed by atoms with Gasteiger partial charge in [-0.15, -0.1) is 0 Å². The van der Waals surface area contributed by atoms with Crippen LogP contribution in [0.2, 0.25) is 0 Å². The van der Waals surface area contributed by atoms with Gasteiger partial charge in [0.15, 0.2) is 0 Å². The zero-order chi connectivity index (χ0) is 10.3. The molecule has 0 unspecified atom stereocenters. The van der Waals surface area contributed by atoms with Gasteiger partial charge in [-0.25, -0.2) is 0 Å². The first-order valence-electron chi connectivity index (χ1n) is 4.52. The SMILES string of the molecule is CCOCCNCC(C)(C)C(=O)O. The van der Waals surface area contributed by atoms with E-state index < -0.39 is 11.4 Å². The zero-order valence-corrected chi connectivity index (χ0v) is 8.59. The van der Waals surface area contributed by atoms with Crippen LogP contribution in [-0.2, 0) is 9.53 Å². The van der Waals surface area contributed by atoms with E-state index in [0.717, 1.165) is 0 Å². The van der Waals surface area contributed by atoms with Gasteiger partial charge in [-0.2, -0.15) is 0 Å². The summed E-state index contributed by atoms with van der Waals surface area (Å²) in [6, 6.07) is 0. The monoisotopic (exact) mass is 189 g/mol. The highest BCUT2D eigenvalue weighted by molar-refractivity contribution is 5.73. The summed E-state index contributed by atoms with van der Waals surface area (Å²) in [5.41, 5.74) is -0.702. The maximum Gasteiger partial charge on any atom is 0.310 e. The van der Waals surface area contributed by atoms with Gasteiger partial charge >= 0.3 is 5.97 Å². The highest BCUT2D eigenvalue weighted by atomic mass is 16.5. The van der Waals surface area contributed by atoms with Gasteiger partial charge in [-0.1, -0.05) is 0 Å². The molecule has 2 N–H and O–H groups in total. The molecule has 0 aromatic carbocycles. The molecule has 0 aliphatic heterocycles. The fourth-order valence-electron chi connectivity index (χ4n) is 0.765. The van der Waals surface area contributed by atoms with Crippen LogP contribution in [0.4, 0.5) is 0 Å². The Hall–Kier alpha value is -0.610. The molecule has 0 heterocycles. The summed E-state index contributed by atoms with van der Waals surface area (Å²) >= 11 is 0. The van der Waals surface area contributed by atoms with Crippen molar-refractivity contribution in [2.75, 3.05) is 26.3 Å². The van der Waals surface area contributed by atoms with Gasteiger partial charge in [-0.05, 0) is 20.8 Å². The topological polar surface area (TPSA) is 58.6 Å². The molecule has 0 aliphatic rings. The normalized spacial score (nSPS) is 11.6. The van der Waals surface area contributed by atoms with Crippen molar-refractivity contribution < 1.29 is 14.6 Å². The fraction of sp³-hybridized carbons (Fsp3) is 0.889. The smallest absolute Gasteiger partial charge is 0.310 e. The zero-order valence-electron chi connectivity index (χ0n) is 8.59. The van der Waals surface area contributed by atoms with Crippen LogP contribution < -0.4 is 5.32 Å². The lowest BCUT2D eigenvalue weighted by Gasteiger charge is -2.19. The first kappa shape index (κ1) is 12.4. The Labute approximate surface area is 79.3 Å². The number of hydrogen-bond donors (Lipinski definition) is 2. The van der Waals surface area contributed by atoms with E-state index in [2.05, 4.69) is 5.32 Å².